The summed E-state index contributed by atoms with van der Waals surface area (Å²) in [4.78, 5) is 2.34. The van der Waals surface area contributed by atoms with Crippen LogP contribution in [0.5, 0.6) is 0 Å². The molecule has 1 aromatic heterocycles. The van der Waals surface area contributed by atoms with Gasteiger partial charge in [-0.05, 0) is 31.0 Å². The molecule has 0 N–H and O–H groups in total. The van der Waals surface area contributed by atoms with Crippen LogP contribution in [0.3, 0.4) is 0 Å². The molecule has 0 radical (unpaired) electrons. The molecule has 1 aromatic carbocycles. The fourth-order valence-electron chi connectivity index (χ4n) is 2.92. The van der Waals surface area contributed by atoms with Crippen LogP contribution in [0.25, 0.3) is 5.69 Å². The monoisotopic (exact) mass is 304 g/mol. The predicted octanol–water partition coefficient (Wildman–Crippen LogP) is 2.51. The van der Waals surface area contributed by atoms with E-state index in [-0.39, 0.29) is 5.41 Å². The van der Waals surface area contributed by atoms with E-state index < -0.39 is 0 Å². The molecule has 1 fully saturated rings. The normalized spacial score (nSPS) is 19.3. The van der Waals surface area contributed by atoms with Crippen molar-refractivity contribution in [3.63, 3.8) is 0 Å². The summed E-state index contributed by atoms with van der Waals surface area (Å²) in [6.07, 6.45) is 4.26. The second-order valence-electron chi connectivity index (χ2n) is 5.29. The molecule has 5 heteroatoms. The van der Waals surface area contributed by atoms with Gasteiger partial charge in [0.15, 0.2) is 0 Å². The van der Waals surface area contributed by atoms with Gasteiger partial charge in [-0.15, -0.1) is 10.2 Å². The summed E-state index contributed by atoms with van der Waals surface area (Å²) >= 11 is 3.55. The Labute approximate surface area is 114 Å². The molecule has 2 heterocycles. The van der Waals surface area contributed by atoms with Crippen LogP contribution in [0, 0.1) is 0 Å². The van der Waals surface area contributed by atoms with Crippen molar-refractivity contribution in [1.82, 2.24) is 14.8 Å². The summed E-state index contributed by atoms with van der Waals surface area (Å²) in [6, 6.07) is 6.37. The predicted molar refractivity (Wildman–Crippen MR) is 73.2 cm³/mol. The van der Waals surface area contributed by atoms with Crippen molar-refractivity contribution in [1.29, 1.82) is 0 Å². The molecule has 1 aliphatic heterocycles. The third-order valence-electron chi connectivity index (χ3n) is 4.02. The Hall–Kier alpha value is -1.36. The Bertz CT molecular complexity index is 630. The van der Waals surface area contributed by atoms with E-state index in [0.29, 0.717) is 0 Å². The van der Waals surface area contributed by atoms with Gasteiger partial charge in [0.05, 0.1) is 11.4 Å². The highest BCUT2D eigenvalue weighted by molar-refractivity contribution is 9.10. The molecule has 18 heavy (non-hydrogen) atoms. The van der Waals surface area contributed by atoms with Gasteiger partial charge in [0.2, 0.25) is 0 Å². The smallest absolute Gasteiger partial charge is 0.145 e. The first kappa shape index (κ1) is 10.6. The number of aromatic nitrogens is 3. The number of anilines is 1. The number of benzene rings is 1. The van der Waals surface area contributed by atoms with Crippen LogP contribution in [0.2, 0.25) is 0 Å². The van der Waals surface area contributed by atoms with E-state index in [1.54, 1.807) is 0 Å². The van der Waals surface area contributed by atoms with Crippen LogP contribution in [0.4, 0.5) is 5.69 Å². The van der Waals surface area contributed by atoms with Gasteiger partial charge in [-0.25, -0.2) is 0 Å². The Morgan fingerprint density at radius 1 is 1.28 bits per heavy atom. The summed E-state index contributed by atoms with van der Waals surface area (Å²) < 4.78 is 3.26. The first-order valence-electron chi connectivity index (χ1n) is 6.11. The quantitative estimate of drug-likeness (QED) is 0.750. The SMILES string of the molecule is CN1CC2(CC2)c2nncn2-c2ccc(Br)cc21. The Kier molecular flexibility index (Phi) is 1.96. The maximum atomic E-state index is 4.36. The Morgan fingerprint density at radius 3 is 2.89 bits per heavy atom. The van der Waals surface area contributed by atoms with Crippen LogP contribution in [-0.4, -0.2) is 28.4 Å². The van der Waals surface area contributed by atoms with Gasteiger partial charge >= 0.3 is 0 Å². The van der Waals surface area contributed by atoms with E-state index in [1.165, 1.54) is 24.2 Å². The minimum Gasteiger partial charge on any atom is -0.372 e. The molecule has 4 rings (SSSR count). The van der Waals surface area contributed by atoms with E-state index >= 15 is 0 Å². The summed E-state index contributed by atoms with van der Waals surface area (Å²) in [7, 11) is 2.16. The summed E-state index contributed by atoms with van der Waals surface area (Å²) in [5, 5.41) is 8.47. The molecule has 0 amide bonds. The first-order valence-corrected chi connectivity index (χ1v) is 6.90. The van der Waals surface area contributed by atoms with Crippen molar-refractivity contribution in [2.24, 2.45) is 0 Å². The highest BCUT2D eigenvalue weighted by Crippen LogP contribution is 2.51. The lowest BCUT2D eigenvalue weighted by Gasteiger charge is -2.22. The maximum Gasteiger partial charge on any atom is 0.145 e. The molecule has 2 aliphatic rings. The highest BCUT2D eigenvalue weighted by atomic mass is 79.9. The number of hydrogen-bond acceptors (Lipinski definition) is 3. The fourth-order valence-corrected chi connectivity index (χ4v) is 3.27. The number of hydrogen-bond donors (Lipinski definition) is 0. The molecule has 0 atom stereocenters. The first-order chi connectivity index (χ1) is 8.70. The summed E-state index contributed by atoms with van der Waals surface area (Å²) in [5.41, 5.74) is 2.62. The van der Waals surface area contributed by atoms with E-state index in [9.17, 15) is 0 Å². The Morgan fingerprint density at radius 2 is 2.11 bits per heavy atom. The molecule has 2 aromatic rings. The largest absolute Gasteiger partial charge is 0.372 e. The number of halogens is 1. The average Bonchev–Trinajstić information content (AvgIpc) is 2.97. The second kappa shape index (κ2) is 3.35. The van der Waals surface area contributed by atoms with Gasteiger partial charge in [-0.3, -0.25) is 4.57 Å². The lowest BCUT2D eigenvalue weighted by molar-refractivity contribution is 0.627. The van der Waals surface area contributed by atoms with Crippen molar-refractivity contribution in [3.8, 4) is 5.69 Å². The minimum atomic E-state index is 0.219. The molecule has 0 bridgehead atoms. The third-order valence-corrected chi connectivity index (χ3v) is 4.52. The maximum absolute atomic E-state index is 4.36. The van der Waals surface area contributed by atoms with Crippen molar-refractivity contribution in [2.45, 2.75) is 18.3 Å². The van der Waals surface area contributed by atoms with E-state index in [2.05, 4.69) is 60.8 Å². The van der Waals surface area contributed by atoms with E-state index in [0.717, 1.165) is 16.8 Å². The van der Waals surface area contributed by atoms with E-state index in [1.807, 2.05) is 6.33 Å². The van der Waals surface area contributed by atoms with Crippen LogP contribution in [-0.2, 0) is 5.41 Å². The molecule has 1 spiro atoms. The lowest BCUT2D eigenvalue weighted by Crippen LogP contribution is -2.28. The van der Waals surface area contributed by atoms with Crippen LogP contribution < -0.4 is 4.90 Å². The second-order valence-corrected chi connectivity index (χ2v) is 6.21. The highest BCUT2D eigenvalue weighted by Gasteiger charge is 2.50. The minimum absolute atomic E-state index is 0.219. The van der Waals surface area contributed by atoms with Crippen LogP contribution >= 0.6 is 15.9 Å². The number of fused-ring (bicyclic) bond motifs is 4. The summed E-state index contributed by atoms with van der Waals surface area (Å²) in [6.45, 7) is 1.02. The van der Waals surface area contributed by atoms with Gasteiger partial charge in [-0.2, -0.15) is 0 Å². The van der Waals surface area contributed by atoms with Crippen LogP contribution in [0.15, 0.2) is 29.0 Å². The molecular weight excluding hydrogens is 292 g/mol. The topological polar surface area (TPSA) is 34.0 Å². The van der Waals surface area contributed by atoms with Gasteiger partial charge < -0.3 is 4.90 Å². The molecule has 0 saturated heterocycles. The molecule has 0 unspecified atom stereocenters. The zero-order valence-electron chi connectivity index (χ0n) is 10.1. The van der Waals surface area contributed by atoms with Crippen molar-refractivity contribution in [3.05, 3.63) is 34.8 Å². The van der Waals surface area contributed by atoms with Crippen molar-refractivity contribution >= 4 is 21.6 Å². The lowest BCUT2D eigenvalue weighted by atomic mass is 10.1. The van der Waals surface area contributed by atoms with Crippen LogP contribution in [0.1, 0.15) is 18.7 Å². The third kappa shape index (κ3) is 1.31. The van der Waals surface area contributed by atoms with Gasteiger partial charge in [0.25, 0.3) is 0 Å². The summed E-state index contributed by atoms with van der Waals surface area (Å²) in [5.74, 6) is 1.12. The van der Waals surface area contributed by atoms with E-state index in [4.69, 9.17) is 0 Å². The molecule has 1 saturated carbocycles. The van der Waals surface area contributed by atoms with Crippen molar-refractivity contribution < 1.29 is 0 Å². The molecule has 1 aliphatic carbocycles. The van der Waals surface area contributed by atoms with Gasteiger partial charge in [0, 0.05) is 23.5 Å². The molecule has 92 valence electrons. The fraction of sp³-hybridized carbons (Fsp3) is 0.385. The molecule has 4 nitrogen and oxygen atoms in total. The van der Waals surface area contributed by atoms with Gasteiger partial charge in [0.1, 0.15) is 12.2 Å². The van der Waals surface area contributed by atoms with Crippen molar-refractivity contribution in [2.75, 3.05) is 18.5 Å². The molecular formula is C13H13BrN4. The van der Waals surface area contributed by atoms with Gasteiger partial charge in [-0.1, -0.05) is 15.9 Å². The Balaban J connectivity index is 2.01. The zero-order chi connectivity index (χ0) is 12.3. The average molecular weight is 305 g/mol. The number of nitrogens with zero attached hydrogens (tertiary/aromatic N) is 4. The zero-order valence-corrected chi connectivity index (χ0v) is 11.7. The number of rotatable bonds is 0. The number of likely N-dealkylation sites (N-methyl/N-ethyl adjacent to an activating group) is 1. The standard InChI is InChI=1S/C13H13BrN4/c1-17-7-13(4-5-13)12-16-15-8-18(12)10-3-2-9(14)6-11(10)17/h2-3,6,8H,4-5,7H2,1H3.